The Morgan fingerprint density at radius 3 is 3.00 bits per heavy atom. The molecule has 2 N–H and O–H groups in total. The zero-order valence-corrected chi connectivity index (χ0v) is 15.3. The van der Waals surface area contributed by atoms with E-state index >= 15 is 0 Å². The predicted molar refractivity (Wildman–Crippen MR) is 96.7 cm³/mol. The van der Waals surface area contributed by atoms with Gasteiger partial charge in [0.05, 0.1) is 5.02 Å². The van der Waals surface area contributed by atoms with Crippen molar-refractivity contribution in [1.29, 1.82) is 0 Å². The van der Waals surface area contributed by atoms with Crippen LogP contribution in [0.4, 0.5) is 0 Å². The monoisotopic (exact) mass is 360 g/mol. The van der Waals surface area contributed by atoms with Crippen molar-refractivity contribution in [3.05, 3.63) is 28.8 Å². The molecule has 1 heterocycles. The molecule has 2 unspecified atom stereocenters. The number of piperidine rings is 1. The lowest BCUT2D eigenvalue weighted by molar-refractivity contribution is -0.127. The Morgan fingerprint density at radius 1 is 1.52 bits per heavy atom. The number of ether oxygens (including phenoxy) is 1. The molecule has 1 aromatic carbocycles. The molecule has 1 saturated heterocycles. The predicted octanol–water partition coefficient (Wildman–Crippen LogP) is 3.34. The van der Waals surface area contributed by atoms with Crippen LogP contribution in [0.5, 0.6) is 5.75 Å². The first kappa shape index (κ1) is 20.1. The van der Waals surface area contributed by atoms with Gasteiger partial charge < -0.3 is 15.4 Å². The van der Waals surface area contributed by atoms with Gasteiger partial charge in [-0.15, -0.1) is 12.4 Å². The van der Waals surface area contributed by atoms with Gasteiger partial charge in [-0.1, -0.05) is 17.7 Å². The molecule has 1 fully saturated rings. The Balaban J connectivity index is 0.00000264. The Hall–Kier alpha value is -0.970. The molecule has 130 valence electrons. The molecule has 2 atom stereocenters. The molecule has 2 rings (SSSR count). The SMILES string of the molecule is Cc1ccc(Cl)c(OC(C)C(=O)NCCC2CCCNC2)c1.Cl. The standard InChI is InChI=1S/C17H25ClN2O2.ClH/c1-12-5-6-15(18)16(10-12)22-13(2)17(21)20-9-7-14-4-3-8-19-11-14;/h5-6,10,13-14,19H,3-4,7-9,11H2,1-2H3,(H,20,21);1H. The van der Waals surface area contributed by atoms with Crippen LogP contribution in [0.2, 0.25) is 5.02 Å². The van der Waals surface area contributed by atoms with Gasteiger partial charge in [-0.3, -0.25) is 4.79 Å². The van der Waals surface area contributed by atoms with E-state index in [-0.39, 0.29) is 18.3 Å². The average molecular weight is 361 g/mol. The number of hydrogen-bond donors (Lipinski definition) is 2. The van der Waals surface area contributed by atoms with Gasteiger partial charge in [-0.05, 0) is 69.8 Å². The molecule has 4 nitrogen and oxygen atoms in total. The third-order valence-corrected chi connectivity index (χ3v) is 4.32. The van der Waals surface area contributed by atoms with Crippen LogP contribution in [0.25, 0.3) is 0 Å². The topological polar surface area (TPSA) is 50.4 Å². The lowest BCUT2D eigenvalue weighted by atomic mass is 9.96. The largest absolute Gasteiger partial charge is 0.479 e. The minimum Gasteiger partial charge on any atom is -0.479 e. The number of aryl methyl sites for hydroxylation is 1. The number of halogens is 2. The third-order valence-electron chi connectivity index (χ3n) is 4.01. The van der Waals surface area contributed by atoms with Crippen molar-refractivity contribution in [1.82, 2.24) is 10.6 Å². The molecule has 1 aliphatic heterocycles. The maximum Gasteiger partial charge on any atom is 0.260 e. The quantitative estimate of drug-likeness (QED) is 0.817. The Bertz CT molecular complexity index is 505. The van der Waals surface area contributed by atoms with Crippen LogP contribution in [0, 0.1) is 12.8 Å². The van der Waals surface area contributed by atoms with Crippen molar-refractivity contribution in [2.24, 2.45) is 5.92 Å². The number of amides is 1. The van der Waals surface area contributed by atoms with Crippen molar-refractivity contribution < 1.29 is 9.53 Å². The maximum atomic E-state index is 12.1. The molecule has 0 radical (unpaired) electrons. The highest BCUT2D eigenvalue weighted by Gasteiger charge is 2.17. The van der Waals surface area contributed by atoms with Gasteiger partial charge in [0.1, 0.15) is 5.75 Å². The Labute approximate surface area is 149 Å². The third kappa shape index (κ3) is 6.58. The molecule has 0 spiro atoms. The van der Waals surface area contributed by atoms with E-state index in [1.165, 1.54) is 12.8 Å². The van der Waals surface area contributed by atoms with E-state index in [1.807, 2.05) is 19.1 Å². The van der Waals surface area contributed by atoms with Gasteiger partial charge in [0.15, 0.2) is 6.10 Å². The summed E-state index contributed by atoms with van der Waals surface area (Å²) in [6.45, 7) is 6.58. The summed E-state index contributed by atoms with van der Waals surface area (Å²) in [5.41, 5.74) is 1.05. The van der Waals surface area contributed by atoms with E-state index in [1.54, 1.807) is 13.0 Å². The fourth-order valence-corrected chi connectivity index (χ4v) is 2.82. The van der Waals surface area contributed by atoms with Gasteiger partial charge in [-0.25, -0.2) is 0 Å². The van der Waals surface area contributed by atoms with Crippen LogP contribution in [0.15, 0.2) is 18.2 Å². The number of benzene rings is 1. The summed E-state index contributed by atoms with van der Waals surface area (Å²) in [6, 6.07) is 5.55. The lowest BCUT2D eigenvalue weighted by Gasteiger charge is -2.23. The summed E-state index contributed by atoms with van der Waals surface area (Å²) < 4.78 is 5.67. The van der Waals surface area contributed by atoms with Crippen molar-refractivity contribution >= 4 is 29.9 Å². The second-order valence-electron chi connectivity index (χ2n) is 5.99. The molecule has 23 heavy (non-hydrogen) atoms. The minimum absolute atomic E-state index is 0. The molecule has 0 bridgehead atoms. The highest BCUT2D eigenvalue weighted by molar-refractivity contribution is 6.32. The summed E-state index contributed by atoms with van der Waals surface area (Å²) in [7, 11) is 0. The van der Waals surface area contributed by atoms with Crippen LogP contribution >= 0.6 is 24.0 Å². The number of nitrogens with one attached hydrogen (secondary N) is 2. The fourth-order valence-electron chi connectivity index (χ4n) is 2.66. The molecule has 6 heteroatoms. The molecular formula is C17H26Cl2N2O2. The van der Waals surface area contributed by atoms with Crippen LogP contribution in [-0.4, -0.2) is 31.6 Å². The first-order valence-electron chi connectivity index (χ1n) is 7.97. The second-order valence-corrected chi connectivity index (χ2v) is 6.39. The Morgan fingerprint density at radius 2 is 2.30 bits per heavy atom. The Kier molecular flexibility index (Phi) is 8.74. The van der Waals surface area contributed by atoms with E-state index in [2.05, 4.69) is 10.6 Å². The molecule has 1 aliphatic rings. The minimum atomic E-state index is -0.552. The first-order valence-corrected chi connectivity index (χ1v) is 8.35. The summed E-state index contributed by atoms with van der Waals surface area (Å²) in [5, 5.41) is 6.86. The fraction of sp³-hybridized carbons (Fsp3) is 0.588. The van der Waals surface area contributed by atoms with E-state index in [0.29, 0.717) is 23.2 Å². The smallest absolute Gasteiger partial charge is 0.260 e. The second kappa shape index (κ2) is 10.0. The summed E-state index contributed by atoms with van der Waals surface area (Å²) in [5.74, 6) is 1.12. The van der Waals surface area contributed by atoms with Crippen LogP contribution in [-0.2, 0) is 4.79 Å². The summed E-state index contributed by atoms with van der Waals surface area (Å²) in [6.07, 6.45) is 2.93. The van der Waals surface area contributed by atoms with Gasteiger partial charge >= 0.3 is 0 Å². The van der Waals surface area contributed by atoms with Crippen molar-refractivity contribution in [2.75, 3.05) is 19.6 Å². The first-order chi connectivity index (χ1) is 10.6. The van der Waals surface area contributed by atoms with Gasteiger partial charge in [0.25, 0.3) is 5.91 Å². The summed E-state index contributed by atoms with van der Waals surface area (Å²) in [4.78, 5) is 12.1. The number of carbonyl (C=O) groups excluding carboxylic acids is 1. The molecule has 0 saturated carbocycles. The van der Waals surface area contributed by atoms with Gasteiger partial charge in [-0.2, -0.15) is 0 Å². The lowest BCUT2D eigenvalue weighted by Crippen LogP contribution is -2.38. The van der Waals surface area contributed by atoms with Crippen LogP contribution < -0.4 is 15.4 Å². The number of rotatable bonds is 6. The summed E-state index contributed by atoms with van der Waals surface area (Å²) >= 11 is 6.09. The number of hydrogen-bond acceptors (Lipinski definition) is 3. The van der Waals surface area contributed by atoms with E-state index < -0.39 is 6.10 Å². The van der Waals surface area contributed by atoms with Gasteiger partial charge in [0, 0.05) is 6.54 Å². The highest BCUT2D eigenvalue weighted by atomic mass is 35.5. The molecule has 0 aromatic heterocycles. The van der Waals surface area contributed by atoms with Gasteiger partial charge in [0.2, 0.25) is 0 Å². The highest BCUT2D eigenvalue weighted by Crippen LogP contribution is 2.26. The van der Waals surface area contributed by atoms with Crippen molar-refractivity contribution in [2.45, 2.75) is 39.2 Å². The van der Waals surface area contributed by atoms with E-state index in [4.69, 9.17) is 16.3 Å². The molecule has 1 amide bonds. The van der Waals surface area contributed by atoms with Crippen molar-refractivity contribution in [3.63, 3.8) is 0 Å². The molecule has 1 aromatic rings. The number of carbonyl (C=O) groups is 1. The zero-order chi connectivity index (χ0) is 15.9. The molecular weight excluding hydrogens is 335 g/mol. The average Bonchev–Trinajstić information content (AvgIpc) is 2.52. The van der Waals surface area contributed by atoms with Crippen LogP contribution in [0.3, 0.4) is 0 Å². The van der Waals surface area contributed by atoms with E-state index in [9.17, 15) is 4.79 Å². The normalized spacial score (nSPS) is 18.7. The zero-order valence-electron chi connectivity index (χ0n) is 13.7. The van der Waals surface area contributed by atoms with Crippen molar-refractivity contribution in [3.8, 4) is 5.75 Å². The molecule has 0 aliphatic carbocycles. The van der Waals surface area contributed by atoms with E-state index in [0.717, 1.165) is 25.1 Å². The van der Waals surface area contributed by atoms with Crippen LogP contribution in [0.1, 0.15) is 31.7 Å². The maximum absolute atomic E-state index is 12.1.